The molecule has 9 heavy (non-hydrogen) atoms. The van der Waals surface area contributed by atoms with Crippen LogP contribution < -0.4 is 4.46 Å². The van der Waals surface area contributed by atoms with E-state index >= 15 is 0 Å². The van der Waals surface area contributed by atoms with Crippen molar-refractivity contribution in [1.82, 2.24) is 0 Å². The van der Waals surface area contributed by atoms with Crippen molar-refractivity contribution >= 4 is 23.3 Å². The van der Waals surface area contributed by atoms with Crippen LogP contribution in [0.3, 0.4) is 0 Å². The molecule has 48 valence electrons. The van der Waals surface area contributed by atoms with Crippen molar-refractivity contribution in [2.45, 2.75) is 5.82 Å². The van der Waals surface area contributed by atoms with E-state index in [1.165, 1.54) is 4.46 Å². The molecular weight excluding hydrogens is 175 g/mol. The van der Waals surface area contributed by atoms with E-state index in [0.717, 1.165) is 0 Å². The van der Waals surface area contributed by atoms with Crippen LogP contribution in [0.1, 0.15) is 0 Å². The third kappa shape index (κ3) is 1.78. The Bertz CT molecular complexity index is 201. The van der Waals surface area contributed by atoms with E-state index < -0.39 is 13.5 Å². The molecule has 0 saturated carbocycles. The van der Waals surface area contributed by atoms with E-state index in [0.29, 0.717) is 0 Å². The Morgan fingerprint density at radius 3 is 2.11 bits per heavy atom. The quantitative estimate of drug-likeness (QED) is 0.573. The summed E-state index contributed by atoms with van der Waals surface area (Å²) in [5.41, 5.74) is 4.03. The van der Waals surface area contributed by atoms with Crippen LogP contribution in [0.5, 0.6) is 0 Å². The van der Waals surface area contributed by atoms with E-state index in [2.05, 4.69) is 35.5 Å². The number of hydrogen-bond acceptors (Lipinski definition) is 0. The molecule has 0 aromatic heterocycles. The molecule has 0 aliphatic rings. The second-order valence-corrected chi connectivity index (χ2v) is 5.61. The van der Waals surface area contributed by atoms with Gasteiger partial charge in [0.1, 0.15) is 0 Å². The second-order valence-electron chi connectivity index (χ2n) is 1.95. The Hall–Kier alpha value is -0.391. The molecule has 1 heteroatoms. The maximum atomic E-state index is 4.03. The molecule has 0 heterocycles. The summed E-state index contributed by atoms with van der Waals surface area (Å²) in [5.74, 6) is 2.22. The predicted molar refractivity (Wildman–Crippen MR) is 44.8 cm³/mol. The molecule has 0 nitrogen and oxygen atoms in total. The van der Waals surface area contributed by atoms with Crippen LogP contribution in [0.2, 0.25) is 5.82 Å². The normalized spacial score (nSPS) is 13.0. The zero-order valence-electron chi connectivity index (χ0n) is 5.50. The van der Waals surface area contributed by atoms with Crippen molar-refractivity contribution in [3.8, 4) is 0 Å². The summed E-state index contributed by atoms with van der Waals surface area (Å²) in [4.78, 5) is 0. The molecule has 0 N–H and O–H groups in total. The van der Waals surface area contributed by atoms with E-state index in [9.17, 15) is 0 Å². The van der Waals surface area contributed by atoms with Gasteiger partial charge in [0, 0.05) is 0 Å². The monoisotopic (exact) mass is 186 g/mol. The van der Waals surface area contributed by atoms with Gasteiger partial charge in [-0.3, -0.25) is 0 Å². The van der Waals surface area contributed by atoms with Crippen LogP contribution in [-0.2, 0) is 0 Å². The molecule has 0 saturated heterocycles. The molecule has 1 rings (SSSR count). The fourth-order valence-corrected chi connectivity index (χ4v) is 1.96. The van der Waals surface area contributed by atoms with Gasteiger partial charge in [-0.2, -0.15) is 0 Å². The van der Waals surface area contributed by atoms with E-state index in [4.69, 9.17) is 0 Å². The minimum atomic E-state index is -0.660. The van der Waals surface area contributed by atoms with Gasteiger partial charge in [-0.05, 0) is 0 Å². The summed E-state index contributed by atoms with van der Waals surface area (Å²) in [6, 6.07) is 10.5. The van der Waals surface area contributed by atoms with Crippen molar-refractivity contribution in [2.75, 3.05) is 0 Å². The average Bonchev–Trinajstić information content (AvgIpc) is 1.90. The third-order valence-corrected chi connectivity index (χ3v) is 3.40. The Morgan fingerprint density at radius 1 is 1.22 bits per heavy atom. The fourth-order valence-electron chi connectivity index (χ4n) is 0.653. The van der Waals surface area contributed by atoms with Gasteiger partial charge >= 0.3 is 59.5 Å². The minimum absolute atomic E-state index is 0.660. The van der Waals surface area contributed by atoms with Gasteiger partial charge in [0.25, 0.3) is 0 Å². The van der Waals surface area contributed by atoms with Crippen molar-refractivity contribution in [3.05, 3.63) is 30.3 Å². The molecule has 0 radical (unpaired) electrons. The first-order valence-electron chi connectivity index (χ1n) is 2.81. The van der Waals surface area contributed by atoms with Crippen LogP contribution in [-0.4, -0.2) is 18.9 Å². The van der Waals surface area contributed by atoms with E-state index in [-0.39, 0.29) is 0 Å². The standard InChI is InChI=1S/C8H10Se/c1-9(2)8-6-4-3-5-7-8/h3-7H,1H2,2H3. The Labute approximate surface area is 60.0 Å². The SMILES string of the molecule is C=[Se](C)c1ccccc1. The molecule has 0 bridgehead atoms. The van der Waals surface area contributed by atoms with Gasteiger partial charge in [-0.25, -0.2) is 0 Å². The summed E-state index contributed by atoms with van der Waals surface area (Å²) < 4.78 is 1.43. The molecule has 1 aromatic rings. The molecule has 0 aliphatic carbocycles. The fraction of sp³-hybridized carbons (Fsp3) is 0.125. The Kier molecular flexibility index (Phi) is 2.21. The molecule has 0 amide bonds. The van der Waals surface area contributed by atoms with E-state index in [1.54, 1.807) is 0 Å². The molecular formula is C8H10Se. The maximum absolute atomic E-state index is 4.03. The number of benzene rings is 1. The zero-order chi connectivity index (χ0) is 6.69. The third-order valence-electron chi connectivity index (χ3n) is 1.15. The summed E-state index contributed by atoms with van der Waals surface area (Å²) in [6.45, 7) is 0. The van der Waals surface area contributed by atoms with E-state index in [1.807, 2.05) is 6.07 Å². The molecule has 1 unspecified atom stereocenters. The Morgan fingerprint density at radius 2 is 1.78 bits per heavy atom. The molecule has 0 fully saturated rings. The van der Waals surface area contributed by atoms with Crippen LogP contribution in [0.4, 0.5) is 0 Å². The molecule has 0 aliphatic heterocycles. The van der Waals surface area contributed by atoms with Gasteiger partial charge in [0.2, 0.25) is 0 Å². The van der Waals surface area contributed by atoms with Crippen LogP contribution in [0, 0.1) is 0 Å². The van der Waals surface area contributed by atoms with Gasteiger partial charge in [-0.15, -0.1) is 0 Å². The van der Waals surface area contributed by atoms with Crippen molar-refractivity contribution in [3.63, 3.8) is 0 Å². The predicted octanol–water partition coefficient (Wildman–Crippen LogP) is 1.03. The second kappa shape index (κ2) is 2.95. The first-order valence-corrected chi connectivity index (χ1v) is 6.59. The number of rotatable bonds is 1. The van der Waals surface area contributed by atoms with Crippen molar-refractivity contribution in [2.24, 2.45) is 0 Å². The summed E-state index contributed by atoms with van der Waals surface area (Å²) >= 11 is -0.660. The number of hydrogen-bond donors (Lipinski definition) is 0. The Balaban J connectivity index is 2.98. The van der Waals surface area contributed by atoms with Crippen molar-refractivity contribution < 1.29 is 0 Å². The average molecular weight is 185 g/mol. The zero-order valence-corrected chi connectivity index (χ0v) is 7.22. The molecule has 0 spiro atoms. The first-order chi connectivity index (χ1) is 4.30. The summed E-state index contributed by atoms with van der Waals surface area (Å²) in [7, 11) is 0. The van der Waals surface area contributed by atoms with Crippen LogP contribution >= 0.6 is 0 Å². The molecule has 1 atom stereocenters. The summed E-state index contributed by atoms with van der Waals surface area (Å²) in [6.07, 6.45) is 0. The molecule has 1 aromatic carbocycles. The van der Waals surface area contributed by atoms with Crippen molar-refractivity contribution in [1.29, 1.82) is 0 Å². The van der Waals surface area contributed by atoms with Crippen LogP contribution in [0.15, 0.2) is 30.3 Å². The summed E-state index contributed by atoms with van der Waals surface area (Å²) in [5, 5.41) is 0. The van der Waals surface area contributed by atoms with Gasteiger partial charge < -0.3 is 0 Å². The van der Waals surface area contributed by atoms with Gasteiger partial charge in [0.15, 0.2) is 0 Å². The van der Waals surface area contributed by atoms with Gasteiger partial charge in [0.05, 0.1) is 0 Å². The first kappa shape index (κ1) is 6.73. The topological polar surface area (TPSA) is 0 Å². The van der Waals surface area contributed by atoms with Gasteiger partial charge in [-0.1, -0.05) is 0 Å². The van der Waals surface area contributed by atoms with Crippen LogP contribution in [0.25, 0.3) is 0 Å².